The summed E-state index contributed by atoms with van der Waals surface area (Å²) in [5.41, 5.74) is 2.74. The van der Waals surface area contributed by atoms with Crippen LogP contribution in [0, 0.1) is 20.2 Å². The monoisotopic (exact) mass is 613 g/mol. The molecule has 8 heteroatoms. The van der Waals surface area contributed by atoms with Crippen molar-refractivity contribution in [2.45, 2.75) is 0 Å². The zero-order valence-electron chi connectivity index (χ0n) is 21.9. The summed E-state index contributed by atoms with van der Waals surface area (Å²) in [6, 6.07) is 38.2. The van der Waals surface area contributed by atoms with Crippen molar-refractivity contribution in [3.63, 3.8) is 0 Å². The van der Waals surface area contributed by atoms with Crippen LogP contribution < -0.4 is 4.90 Å². The van der Waals surface area contributed by atoms with E-state index >= 15 is 0 Å². The van der Waals surface area contributed by atoms with E-state index in [4.69, 9.17) is 0 Å². The first-order valence-electron chi connectivity index (χ1n) is 13.1. The quantitative estimate of drug-likeness (QED) is 0.109. The van der Waals surface area contributed by atoms with Crippen molar-refractivity contribution >= 4 is 87.5 Å². The Morgan fingerprint density at radius 1 is 0.476 bits per heavy atom. The Bertz CT molecular complexity index is 2150. The number of anilines is 3. The van der Waals surface area contributed by atoms with Crippen molar-refractivity contribution in [3.8, 4) is 0 Å². The number of hydrogen-bond acceptors (Lipinski definition) is 5. The molecule has 0 N–H and O–H groups in total. The molecule has 0 aliphatic carbocycles. The SMILES string of the molecule is O=[N+]([O-])c1ccc2cc(N(c3ccc4cc([N+](=O)[O-])ccc4c3)c3ccc4c(c3)c(Br)cc3ccccc34)ccc2c1. The van der Waals surface area contributed by atoms with Gasteiger partial charge in [-0.25, -0.2) is 0 Å². The third kappa shape index (κ3) is 4.38. The molecule has 7 aromatic carbocycles. The zero-order valence-corrected chi connectivity index (χ0v) is 23.5. The predicted octanol–water partition coefficient (Wildman–Crippen LogP) is 10.3. The van der Waals surface area contributed by atoms with E-state index in [0.717, 1.165) is 64.6 Å². The number of hydrogen-bond donors (Lipinski definition) is 0. The Morgan fingerprint density at radius 2 is 0.976 bits per heavy atom. The number of benzene rings is 7. The Kier molecular flexibility index (Phi) is 6.06. The lowest BCUT2D eigenvalue weighted by Crippen LogP contribution is -2.10. The zero-order chi connectivity index (χ0) is 29.0. The van der Waals surface area contributed by atoms with Crippen LogP contribution in [0.25, 0.3) is 43.1 Å². The molecule has 0 saturated heterocycles. The lowest BCUT2D eigenvalue weighted by molar-refractivity contribution is -0.384. The van der Waals surface area contributed by atoms with Crippen molar-refractivity contribution in [1.29, 1.82) is 0 Å². The van der Waals surface area contributed by atoms with E-state index < -0.39 is 9.85 Å². The highest BCUT2D eigenvalue weighted by Crippen LogP contribution is 2.41. The lowest BCUT2D eigenvalue weighted by Gasteiger charge is -2.27. The van der Waals surface area contributed by atoms with Crippen molar-refractivity contribution < 1.29 is 9.85 Å². The molecular weight excluding hydrogens is 594 g/mol. The van der Waals surface area contributed by atoms with Gasteiger partial charge in [-0.15, -0.1) is 0 Å². The van der Waals surface area contributed by atoms with Gasteiger partial charge in [0.2, 0.25) is 0 Å². The smallest absolute Gasteiger partial charge is 0.270 e. The van der Waals surface area contributed by atoms with Crippen molar-refractivity contribution in [3.05, 3.63) is 146 Å². The molecule has 0 radical (unpaired) electrons. The maximum atomic E-state index is 11.3. The summed E-state index contributed by atoms with van der Waals surface area (Å²) in [7, 11) is 0. The summed E-state index contributed by atoms with van der Waals surface area (Å²) in [4.78, 5) is 24.0. The summed E-state index contributed by atoms with van der Waals surface area (Å²) in [5.74, 6) is 0. The highest BCUT2D eigenvalue weighted by atomic mass is 79.9. The number of rotatable bonds is 5. The molecule has 42 heavy (non-hydrogen) atoms. The maximum Gasteiger partial charge on any atom is 0.270 e. The molecule has 0 unspecified atom stereocenters. The topological polar surface area (TPSA) is 89.5 Å². The minimum Gasteiger partial charge on any atom is -0.310 e. The molecule has 0 heterocycles. The molecule has 0 fully saturated rings. The molecular formula is C34H20BrN3O4. The van der Waals surface area contributed by atoms with Gasteiger partial charge in [0.1, 0.15) is 0 Å². The Morgan fingerprint density at radius 3 is 1.57 bits per heavy atom. The molecule has 0 aromatic heterocycles. The number of halogens is 1. The second-order valence-electron chi connectivity index (χ2n) is 10.1. The van der Waals surface area contributed by atoms with E-state index in [1.165, 1.54) is 12.1 Å². The van der Waals surface area contributed by atoms with Crippen molar-refractivity contribution in [2.75, 3.05) is 4.90 Å². The second-order valence-corrected chi connectivity index (χ2v) is 10.9. The van der Waals surface area contributed by atoms with Crippen LogP contribution in [0.3, 0.4) is 0 Å². The highest BCUT2D eigenvalue weighted by Gasteiger charge is 2.17. The lowest BCUT2D eigenvalue weighted by atomic mass is 10.0. The minimum atomic E-state index is -0.393. The molecule has 0 bridgehead atoms. The van der Waals surface area contributed by atoms with E-state index in [2.05, 4.69) is 57.2 Å². The van der Waals surface area contributed by atoms with Crippen molar-refractivity contribution in [1.82, 2.24) is 0 Å². The summed E-state index contributed by atoms with van der Waals surface area (Å²) < 4.78 is 0.981. The normalized spacial score (nSPS) is 11.4. The van der Waals surface area contributed by atoms with E-state index in [-0.39, 0.29) is 11.4 Å². The van der Waals surface area contributed by atoms with Crippen LogP contribution in [0.15, 0.2) is 126 Å². The highest BCUT2D eigenvalue weighted by molar-refractivity contribution is 9.10. The molecule has 7 aromatic rings. The molecule has 0 aliphatic heterocycles. The van der Waals surface area contributed by atoms with Crippen LogP contribution in [0.5, 0.6) is 0 Å². The van der Waals surface area contributed by atoms with E-state index in [0.29, 0.717) is 0 Å². The summed E-state index contributed by atoms with van der Waals surface area (Å²) in [5, 5.41) is 30.4. The predicted molar refractivity (Wildman–Crippen MR) is 172 cm³/mol. The van der Waals surface area contributed by atoms with Crippen LogP contribution in [-0.4, -0.2) is 9.85 Å². The Hall–Kier alpha value is -5.34. The molecule has 7 rings (SSSR count). The fraction of sp³-hybridized carbons (Fsp3) is 0. The standard InChI is InChI=1S/C34H20BrN3O4/c35-34-19-25-3-1-2-4-31(25)32-14-13-28(20-33(32)34)36(26-9-5-23-17-29(37(39)40)11-7-21(23)15-26)27-10-6-24-18-30(38(41)42)12-8-22(24)16-27/h1-20H. The average Bonchev–Trinajstić information content (AvgIpc) is 3.00. The Balaban J connectivity index is 1.44. The molecule has 202 valence electrons. The van der Waals surface area contributed by atoms with Crippen LogP contribution in [0.1, 0.15) is 0 Å². The van der Waals surface area contributed by atoms with Gasteiger partial charge in [-0.3, -0.25) is 20.2 Å². The summed E-state index contributed by atoms with van der Waals surface area (Å²) in [6.07, 6.45) is 0. The van der Waals surface area contributed by atoms with E-state index in [1.54, 1.807) is 24.3 Å². The maximum absolute atomic E-state index is 11.3. The number of nitro benzene ring substituents is 2. The van der Waals surface area contributed by atoms with E-state index in [1.807, 2.05) is 48.5 Å². The second kappa shape index (κ2) is 9.94. The number of fused-ring (bicyclic) bond motifs is 5. The molecule has 0 saturated carbocycles. The molecule has 0 amide bonds. The third-order valence-corrected chi connectivity index (χ3v) is 8.26. The fourth-order valence-electron chi connectivity index (χ4n) is 5.58. The van der Waals surface area contributed by atoms with Gasteiger partial charge in [-0.1, -0.05) is 58.4 Å². The van der Waals surface area contributed by atoms with Crippen LogP contribution >= 0.6 is 15.9 Å². The van der Waals surface area contributed by atoms with Gasteiger partial charge in [0.05, 0.1) is 9.85 Å². The van der Waals surface area contributed by atoms with Crippen LogP contribution in [0.2, 0.25) is 0 Å². The van der Waals surface area contributed by atoms with Gasteiger partial charge in [0.25, 0.3) is 11.4 Å². The van der Waals surface area contributed by atoms with Crippen LogP contribution in [-0.2, 0) is 0 Å². The summed E-state index contributed by atoms with van der Waals surface area (Å²) in [6.45, 7) is 0. The molecule has 0 aliphatic rings. The Labute approximate surface area is 247 Å². The van der Waals surface area contributed by atoms with Crippen molar-refractivity contribution in [2.24, 2.45) is 0 Å². The van der Waals surface area contributed by atoms with Gasteiger partial charge in [-0.2, -0.15) is 0 Å². The first-order valence-corrected chi connectivity index (χ1v) is 13.9. The van der Waals surface area contributed by atoms with Crippen LogP contribution in [0.4, 0.5) is 28.4 Å². The van der Waals surface area contributed by atoms with Gasteiger partial charge in [0, 0.05) is 45.8 Å². The van der Waals surface area contributed by atoms with Gasteiger partial charge in [-0.05, 0) is 97.7 Å². The molecule has 0 atom stereocenters. The average molecular weight is 614 g/mol. The number of nitro groups is 2. The number of nitrogens with zero attached hydrogens (tertiary/aromatic N) is 3. The molecule has 0 spiro atoms. The van der Waals surface area contributed by atoms with Gasteiger partial charge >= 0.3 is 0 Å². The largest absolute Gasteiger partial charge is 0.310 e. The van der Waals surface area contributed by atoms with E-state index in [9.17, 15) is 20.2 Å². The first-order chi connectivity index (χ1) is 20.4. The summed E-state index contributed by atoms with van der Waals surface area (Å²) >= 11 is 3.79. The minimum absolute atomic E-state index is 0.0438. The molecule has 7 nitrogen and oxygen atoms in total. The fourth-order valence-corrected chi connectivity index (χ4v) is 6.15. The first kappa shape index (κ1) is 25.6. The van der Waals surface area contributed by atoms with Gasteiger partial charge < -0.3 is 4.90 Å². The third-order valence-electron chi connectivity index (χ3n) is 7.60. The number of non-ortho nitro benzene ring substituents is 2. The van der Waals surface area contributed by atoms with Gasteiger partial charge in [0.15, 0.2) is 0 Å².